The van der Waals surface area contributed by atoms with E-state index in [4.69, 9.17) is 0 Å². The molecule has 0 bridgehead atoms. The Morgan fingerprint density at radius 2 is 0.964 bits per heavy atom. The molecule has 0 spiro atoms. The van der Waals surface area contributed by atoms with Crippen LogP contribution in [0.1, 0.15) is 11.1 Å². The minimum Gasteiger partial charge on any atom is -0.0622 e. The third-order valence-corrected chi connectivity index (χ3v) is 5.26. The summed E-state index contributed by atoms with van der Waals surface area (Å²) in [5.41, 5.74) is 4.92. The fourth-order valence-electron chi connectivity index (χ4n) is 3.73. The SMILES string of the molecule is C(=Cc1ccc2ccc3ccccc3c2c1)c1ccc(-c2ccccc2)cc1. The van der Waals surface area contributed by atoms with E-state index in [0.717, 1.165) is 0 Å². The topological polar surface area (TPSA) is 0 Å². The van der Waals surface area contributed by atoms with Gasteiger partial charge in [-0.1, -0.05) is 115 Å². The first kappa shape index (κ1) is 16.5. The van der Waals surface area contributed by atoms with E-state index >= 15 is 0 Å². The molecule has 0 unspecified atom stereocenters. The van der Waals surface area contributed by atoms with Crippen LogP contribution < -0.4 is 0 Å². The highest BCUT2D eigenvalue weighted by Gasteiger charge is 2.01. The zero-order valence-corrected chi connectivity index (χ0v) is 15.5. The Morgan fingerprint density at radius 3 is 1.79 bits per heavy atom. The number of fused-ring (bicyclic) bond motifs is 3. The van der Waals surface area contributed by atoms with Gasteiger partial charge in [-0.05, 0) is 49.9 Å². The molecule has 132 valence electrons. The van der Waals surface area contributed by atoms with Crippen molar-refractivity contribution in [2.75, 3.05) is 0 Å². The molecule has 0 aromatic heterocycles. The molecule has 0 saturated heterocycles. The molecule has 5 rings (SSSR count). The Morgan fingerprint density at radius 1 is 0.393 bits per heavy atom. The molecule has 0 aliphatic rings. The smallest absolute Gasteiger partial charge is 0.00995 e. The van der Waals surface area contributed by atoms with Gasteiger partial charge in [-0.2, -0.15) is 0 Å². The fraction of sp³-hybridized carbons (Fsp3) is 0. The summed E-state index contributed by atoms with van der Waals surface area (Å²) in [6.07, 6.45) is 4.37. The average Bonchev–Trinajstić information content (AvgIpc) is 2.78. The second-order valence-electron chi connectivity index (χ2n) is 7.09. The summed E-state index contributed by atoms with van der Waals surface area (Å²) in [4.78, 5) is 0. The van der Waals surface area contributed by atoms with Crippen molar-refractivity contribution in [3.63, 3.8) is 0 Å². The van der Waals surface area contributed by atoms with Crippen molar-refractivity contribution in [2.45, 2.75) is 0 Å². The predicted octanol–water partition coefficient (Wildman–Crippen LogP) is 7.83. The molecule has 0 N–H and O–H groups in total. The average molecular weight is 356 g/mol. The highest BCUT2D eigenvalue weighted by molar-refractivity contribution is 6.08. The number of rotatable bonds is 3. The van der Waals surface area contributed by atoms with Gasteiger partial charge < -0.3 is 0 Å². The van der Waals surface area contributed by atoms with Gasteiger partial charge in [-0.3, -0.25) is 0 Å². The summed E-state index contributed by atoms with van der Waals surface area (Å²) in [7, 11) is 0. The van der Waals surface area contributed by atoms with Crippen molar-refractivity contribution in [1.29, 1.82) is 0 Å². The zero-order valence-electron chi connectivity index (χ0n) is 15.5. The van der Waals surface area contributed by atoms with Gasteiger partial charge in [0.05, 0.1) is 0 Å². The van der Waals surface area contributed by atoms with E-state index < -0.39 is 0 Å². The Labute approximate surface area is 165 Å². The van der Waals surface area contributed by atoms with Crippen molar-refractivity contribution < 1.29 is 0 Å². The predicted molar refractivity (Wildman–Crippen MR) is 122 cm³/mol. The lowest BCUT2D eigenvalue weighted by molar-refractivity contribution is 1.60. The molecular weight excluding hydrogens is 336 g/mol. The lowest BCUT2D eigenvalue weighted by atomic mass is 9.99. The summed E-state index contributed by atoms with van der Waals surface area (Å²) in [5, 5.41) is 5.18. The van der Waals surface area contributed by atoms with Crippen LogP contribution in [0.4, 0.5) is 0 Å². The van der Waals surface area contributed by atoms with Gasteiger partial charge in [0.2, 0.25) is 0 Å². The van der Waals surface area contributed by atoms with Crippen molar-refractivity contribution in [2.24, 2.45) is 0 Å². The zero-order chi connectivity index (χ0) is 18.8. The summed E-state index contributed by atoms with van der Waals surface area (Å²) >= 11 is 0. The van der Waals surface area contributed by atoms with E-state index in [1.807, 2.05) is 6.07 Å². The number of benzene rings is 5. The van der Waals surface area contributed by atoms with E-state index in [1.165, 1.54) is 43.8 Å². The molecule has 0 radical (unpaired) electrons. The van der Waals surface area contributed by atoms with Crippen molar-refractivity contribution >= 4 is 33.7 Å². The first-order valence-corrected chi connectivity index (χ1v) is 9.62. The summed E-state index contributed by atoms with van der Waals surface area (Å²) in [6.45, 7) is 0. The lowest BCUT2D eigenvalue weighted by Crippen LogP contribution is -1.80. The second kappa shape index (κ2) is 7.17. The van der Waals surface area contributed by atoms with Gasteiger partial charge in [0.15, 0.2) is 0 Å². The molecule has 5 aromatic rings. The molecule has 0 aliphatic carbocycles. The van der Waals surface area contributed by atoms with Gasteiger partial charge >= 0.3 is 0 Å². The van der Waals surface area contributed by atoms with E-state index in [2.05, 4.69) is 115 Å². The number of hydrogen-bond donors (Lipinski definition) is 0. The third kappa shape index (κ3) is 3.21. The summed E-state index contributed by atoms with van der Waals surface area (Å²) in [6, 6.07) is 38.9. The Bertz CT molecular complexity index is 1280. The van der Waals surface area contributed by atoms with E-state index in [1.54, 1.807) is 0 Å². The third-order valence-electron chi connectivity index (χ3n) is 5.26. The minimum absolute atomic E-state index is 1.21. The lowest BCUT2D eigenvalue weighted by Gasteiger charge is -2.05. The van der Waals surface area contributed by atoms with Crippen LogP contribution in [-0.4, -0.2) is 0 Å². The van der Waals surface area contributed by atoms with Gasteiger partial charge in [0.1, 0.15) is 0 Å². The van der Waals surface area contributed by atoms with Crippen LogP contribution >= 0.6 is 0 Å². The highest BCUT2D eigenvalue weighted by atomic mass is 14.0. The summed E-state index contributed by atoms with van der Waals surface area (Å²) < 4.78 is 0. The maximum Gasteiger partial charge on any atom is -0.00995 e. The van der Waals surface area contributed by atoms with Crippen LogP contribution in [0.15, 0.2) is 109 Å². The van der Waals surface area contributed by atoms with Crippen molar-refractivity contribution in [3.05, 3.63) is 120 Å². The maximum absolute atomic E-state index is 2.28. The minimum atomic E-state index is 1.21. The molecule has 0 atom stereocenters. The molecular formula is C28H20. The quantitative estimate of drug-likeness (QED) is 0.228. The van der Waals surface area contributed by atoms with Crippen LogP contribution in [0, 0.1) is 0 Å². The molecule has 0 fully saturated rings. The number of hydrogen-bond acceptors (Lipinski definition) is 0. The summed E-state index contributed by atoms with van der Waals surface area (Å²) in [5.74, 6) is 0. The molecule has 0 heteroatoms. The van der Waals surface area contributed by atoms with Crippen molar-refractivity contribution in [1.82, 2.24) is 0 Å². The van der Waals surface area contributed by atoms with Gasteiger partial charge in [-0.15, -0.1) is 0 Å². The molecule has 5 aromatic carbocycles. The van der Waals surface area contributed by atoms with Crippen molar-refractivity contribution in [3.8, 4) is 11.1 Å². The monoisotopic (exact) mass is 356 g/mol. The van der Waals surface area contributed by atoms with Crippen LogP contribution in [0.2, 0.25) is 0 Å². The van der Waals surface area contributed by atoms with Gasteiger partial charge in [0.25, 0.3) is 0 Å². The van der Waals surface area contributed by atoms with Crippen LogP contribution in [0.25, 0.3) is 44.8 Å². The first-order valence-electron chi connectivity index (χ1n) is 9.62. The molecule has 0 heterocycles. The van der Waals surface area contributed by atoms with Gasteiger partial charge in [-0.25, -0.2) is 0 Å². The van der Waals surface area contributed by atoms with Crippen LogP contribution in [0.3, 0.4) is 0 Å². The van der Waals surface area contributed by atoms with E-state index in [9.17, 15) is 0 Å². The Hall–Kier alpha value is -3.64. The molecule has 28 heavy (non-hydrogen) atoms. The van der Waals surface area contributed by atoms with E-state index in [-0.39, 0.29) is 0 Å². The maximum atomic E-state index is 2.28. The molecule has 0 aliphatic heterocycles. The highest BCUT2D eigenvalue weighted by Crippen LogP contribution is 2.27. The second-order valence-corrected chi connectivity index (χ2v) is 7.09. The largest absolute Gasteiger partial charge is 0.0622 e. The van der Waals surface area contributed by atoms with E-state index in [0.29, 0.717) is 0 Å². The van der Waals surface area contributed by atoms with Gasteiger partial charge in [0, 0.05) is 0 Å². The standard InChI is InChI=1S/C28H20/c1-2-6-23(7-3-1)24-15-12-21(13-16-24)10-11-22-14-17-26-19-18-25-8-4-5-9-27(25)28(26)20-22/h1-20H. The Balaban J connectivity index is 1.46. The fourth-order valence-corrected chi connectivity index (χ4v) is 3.73. The molecule has 0 amide bonds. The van der Waals surface area contributed by atoms with Crippen LogP contribution in [0.5, 0.6) is 0 Å². The Kier molecular flexibility index (Phi) is 4.23. The first-order chi connectivity index (χ1) is 13.9. The molecule has 0 saturated carbocycles. The molecule has 0 nitrogen and oxygen atoms in total. The van der Waals surface area contributed by atoms with Crippen LogP contribution in [-0.2, 0) is 0 Å². The normalized spacial score (nSPS) is 11.4.